The second-order valence-electron chi connectivity index (χ2n) is 4.92. The van der Waals surface area contributed by atoms with Gasteiger partial charge in [-0.3, -0.25) is 0 Å². The molecule has 5 heteroatoms. The molecule has 16 heavy (non-hydrogen) atoms. The first-order chi connectivity index (χ1) is 7.69. The number of hydrogen-bond acceptors (Lipinski definition) is 3. The lowest BCUT2D eigenvalue weighted by molar-refractivity contribution is 0.203. The molecule has 2 saturated heterocycles. The van der Waals surface area contributed by atoms with Crippen molar-refractivity contribution in [3.63, 3.8) is 0 Å². The molecule has 0 saturated carbocycles. The highest BCUT2D eigenvalue weighted by Gasteiger charge is 2.28. The largest absolute Gasteiger partial charge is 0.334 e. The molecule has 0 aromatic rings. The van der Waals surface area contributed by atoms with Crippen LogP contribution in [0.2, 0.25) is 0 Å². The van der Waals surface area contributed by atoms with E-state index in [-0.39, 0.29) is 6.03 Å². The molecule has 0 spiro atoms. The number of likely N-dealkylation sites (N-methyl/N-ethyl adjacent to an activating group) is 2. The zero-order chi connectivity index (χ0) is 11.5. The van der Waals surface area contributed by atoms with Crippen LogP contribution in [0, 0.1) is 0 Å². The van der Waals surface area contributed by atoms with Crippen LogP contribution in [0.25, 0.3) is 0 Å². The average Bonchev–Trinajstić information content (AvgIpc) is 2.87. The molecule has 92 valence electrons. The Balaban J connectivity index is 1.76. The predicted octanol–water partition coefficient (Wildman–Crippen LogP) is -0.306. The summed E-state index contributed by atoms with van der Waals surface area (Å²) in [7, 11) is 4.05. The molecule has 2 amide bonds. The lowest BCUT2D eigenvalue weighted by atomic mass is 10.3. The minimum Gasteiger partial charge on any atom is -0.334 e. The lowest BCUT2D eigenvalue weighted by Gasteiger charge is -2.20. The number of nitrogens with one attached hydrogen (secondary N) is 2. The van der Waals surface area contributed by atoms with Gasteiger partial charge in [0.2, 0.25) is 0 Å². The van der Waals surface area contributed by atoms with Crippen molar-refractivity contribution in [1.29, 1.82) is 0 Å². The fourth-order valence-corrected chi connectivity index (χ4v) is 2.50. The molecule has 5 nitrogen and oxygen atoms in total. The van der Waals surface area contributed by atoms with Gasteiger partial charge in [-0.05, 0) is 33.5 Å². The van der Waals surface area contributed by atoms with Crippen molar-refractivity contribution in [3.8, 4) is 0 Å². The van der Waals surface area contributed by atoms with Crippen LogP contribution in [-0.2, 0) is 0 Å². The van der Waals surface area contributed by atoms with Crippen molar-refractivity contribution in [3.05, 3.63) is 0 Å². The fourth-order valence-electron chi connectivity index (χ4n) is 2.50. The van der Waals surface area contributed by atoms with Gasteiger partial charge in [-0.15, -0.1) is 0 Å². The van der Waals surface area contributed by atoms with Gasteiger partial charge in [-0.25, -0.2) is 4.79 Å². The molecule has 2 rings (SSSR count). The zero-order valence-electron chi connectivity index (χ0n) is 10.2. The maximum Gasteiger partial charge on any atom is 0.317 e. The number of urea groups is 1. The Hall–Kier alpha value is -0.810. The molecule has 2 heterocycles. The van der Waals surface area contributed by atoms with Gasteiger partial charge in [0, 0.05) is 31.7 Å². The van der Waals surface area contributed by atoms with E-state index in [4.69, 9.17) is 0 Å². The number of carbonyl (C=O) groups excluding carboxylic acids is 1. The number of amides is 2. The van der Waals surface area contributed by atoms with E-state index in [0.717, 1.165) is 39.0 Å². The molecule has 0 unspecified atom stereocenters. The highest BCUT2D eigenvalue weighted by atomic mass is 16.2. The standard InChI is InChI=1S/C11H22N4O/c1-12-9-4-6-15(8-9)11(16)13-10-3-5-14(2)7-10/h9-10,12H,3-8H2,1-2H3,(H,13,16)/t9-,10-/m1/s1. The van der Waals surface area contributed by atoms with Gasteiger partial charge in [-0.2, -0.15) is 0 Å². The molecular weight excluding hydrogens is 204 g/mol. The van der Waals surface area contributed by atoms with E-state index in [1.165, 1.54) is 0 Å². The summed E-state index contributed by atoms with van der Waals surface area (Å²) < 4.78 is 0. The zero-order valence-corrected chi connectivity index (χ0v) is 10.2. The van der Waals surface area contributed by atoms with Crippen molar-refractivity contribution < 1.29 is 4.79 Å². The summed E-state index contributed by atoms with van der Waals surface area (Å²) in [6.45, 7) is 3.78. The van der Waals surface area contributed by atoms with E-state index in [0.29, 0.717) is 12.1 Å². The van der Waals surface area contributed by atoms with E-state index in [9.17, 15) is 4.79 Å². The smallest absolute Gasteiger partial charge is 0.317 e. The van der Waals surface area contributed by atoms with Crippen LogP contribution in [0.4, 0.5) is 4.79 Å². The number of likely N-dealkylation sites (tertiary alicyclic amines) is 2. The molecule has 2 aliphatic rings. The normalized spacial score (nSPS) is 31.0. The minimum atomic E-state index is 0.109. The molecule has 0 bridgehead atoms. The molecule has 2 aliphatic heterocycles. The Bertz CT molecular complexity index is 258. The maximum absolute atomic E-state index is 11.9. The van der Waals surface area contributed by atoms with Crippen molar-refractivity contribution >= 4 is 6.03 Å². The maximum atomic E-state index is 11.9. The van der Waals surface area contributed by atoms with Gasteiger partial charge >= 0.3 is 6.03 Å². The second-order valence-corrected chi connectivity index (χ2v) is 4.92. The van der Waals surface area contributed by atoms with Crippen molar-refractivity contribution in [2.75, 3.05) is 40.3 Å². The monoisotopic (exact) mass is 226 g/mol. The third-order valence-corrected chi connectivity index (χ3v) is 3.60. The van der Waals surface area contributed by atoms with Crippen LogP contribution < -0.4 is 10.6 Å². The molecule has 0 radical (unpaired) electrons. The fraction of sp³-hybridized carbons (Fsp3) is 0.909. The first-order valence-corrected chi connectivity index (χ1v) is 6.10. The Morgan fingerprint density at radius 1 is 1.19 bits per heavy atom. The van der Waals surface area contributed by atoms with Crippen LogP contribution in [0.5, 0.6) is 0 Å². The summed E-state index contributed by atoms with van der Waals surface area (Å²) in [5.74, 6) is 0. The van der Waals surface area contributed by atoms with Crippen LogP contribution in [0.3, 0.4) is 0 Å². The predicted molar refractivity (Wildman–Crippen MR) is 63.5 cm³/mol. The average molecular weight is 226 g/mol. The van der Waals surface area contributed by atoms with E-state index in [2.05, 4.69) is 22.6 Å². The van der Waals surface area contributed by atoms with E-state index in [1.807, 2.05) is 11.9 Å². The van der Waals surface area contributed by atoms with Crippen molar-refractivity contribution in [2.24, 2.45) is 0 Å². The summed E-state index contributed by atoms with van der Waals surface area (Å²) in [4.78, 5) is 16.1. The Labute approximate surface area is 97.2 Å². The van der Waals surface area contributed by atoms with E-state index >= 15 is 0 Å². The van der Waals surface area contributed by atoms with Gasteiger partial charge in [0.1, 0.15) is 0 Å². The summed E-state index contributed by atoms with van der Waals surface area (Å²) in [5, 5.41) is 6.33. The topological polar surface area (TPSA) is 47.6 Å². The van der Waals surface area contributed by atoms with E-state index in [1.54, 1.807) is 0 Å². The first-order valence-electron chi connectivity index (χ1n) is 6.10. The molecule has 2 N–H and O–H groups in total. The van der Waals surface area contributed by atoms with Gasteiger partial charge < -0.3 is 20.4 Å². The number of carbonyl (C=O) groups is 1. The lowest BCUT2D eigenvalue weighted by Crippen LogP contribution is -2.45. The number of rotatable bonds is 2. The second kappa shape index (κ2) is 5.01. The quantitative estimate of drug-likeness (QED) is 0.679. The first kappa shape index (κ1) is 11.7. The molecular formula is C11H22N4O. The number of nitrogens with zero attached hydrogens (tertiary/aromatic N) is 2. The highest BCUT2D eigenvalue weighted by molar-refractivity contribution is 5.75. The summed E-state index contributed by atoms with van der Waals surface area (Å²) in [6, 6.07) is 0.918. The van der Waals surface area contributed by atoms with Gasteiger partial charge in [0.25, 0.3) is 0 Å². The highest BCUT2D eigenvalue weighted by Crippen LogP contribution is 2.11. The van der Waals surface area contributed by atoms with Gasteiger partial charge in [-0.1, -0.05) is 0 Å². The van der Waals surface area contributed by atoms with Crippen molar-refractivity contribution in [2.45, 2.75) is 24.9 Å². The van der Waals surface area contributed by atoms with Crippen LogP contribution in [0.1, 0.15) is 12.8 Å². The summed E-state index contributed by atoms with van der Waals surface area (Å²) in [5.41, 5.74) is 0. The number of hydrogen-bond donors (Lipinski definition) is 2. The van der Waals surface area contributed by atoms with Gasteiger partial charge in [0.05, 0.1) is 0 Å². The van der Waals surface area contributed by atoms with Gasteiger partial charge in [0.15, 0.2) is 0 Å². The SMILES string of the molecule is CN[C@@H]1CCN(C(=O)N[C@@H]2CCN(C)C2)C1. The van der Waals surface area contributed by atoms with Crippen molar-refractivity contribution in [1.82, 2.24) is 20.4 Å². The minimum absolute atomic E-state index is 0.109. The molecule has 0 aromatic carbocycles. The summed E-state index contributed by atoms with van der Waals surface area (Å²) >= 11 is 0. The Morgan fingerprint density at radius 3 is 2.50 bits per heavy atom. The molecule has 0 aromatic heterocycles. The molecule has 0 aliphatic carbocycles. The van der Waals surface area contributed by atoms with E-state index < -0.39 is 0 Å². The Morgan fingerprint density at radius 2 is 1.94 bits per heavy atom. The van der Waals surface area contributed by atoms with Crippen LogP contribution in [0.15, 0.2) is 0 Å². The Kier molecular flexibility index (Phi) is 3.66. The molecule has 2 atom stereocenters. The van der Waals surface area contributed by atoms with Crippen LogP contribution >= 0.6 is 0 Å². The molecule has 2 fully saturated rings. The third-order valence-electron chi connectivity index (χ3n) is 3.60. The summed E-state index contributed by atoms with van der Waals surface area (Å²) in [6.07, 6.45) is 2.14. The van der Waals surface area contributed by atoms with Crippen LogP contribution in [-0.4, -0.2) is 68.2 Å². The third kappa shape index (κ3) is 2.65.